The predicted octanol–water partition coefficient (Wildman–Crippen LogP) is 1.82. The van der Waals surface area contributed by atoms with Crippen molar-refractivity contribution in [2.75, 3.05) is 7.11 Å². The van der Waals surface area contributed by atoms with Gasteiger partial charge in [0.05, 0.1) is 12.7 Å². The highest BCUT2D eigenvalue weighted by molar-refractivity contribution is 6.00. The number of carbonyl (C=O) groups is 3. The standard InChI is InChI=1S/C18H26N2O5/c1-5-8-13(18(23)24)19-17(22)15(11(2)3)20-16(21)12-9-6-7-10-14(12)25-4/h6-7,9-11,13,15H,5,8H2,1-4H3,(H,19,22)(H,20,21)(H,23,24). The van der Waals surface area contributed by atoms with Crippen LogP contribution in [0.4, 0.5) is 0 Å². The van der Waals surface area contributed by atoms with Crippen molar-refractivity contribution in [1.29, 1.82) is 0 Å². The third-order valence-corrected chi connectivity index (χ3v) is 3.78. The Hall–Kier alpha value is -2.57. The Bertz CT molecular complexity index is 615. The van der Waals surface area contributed by atoms with Gasteiger partial charge in [0.15, 0.2) is 0 Å². The maximum absolute atomic E-state index is 12.5. The number of carboxylic acid groups (broad SMARTS) is 1. The van der Waals surface area contributed by atoms with Gasteiger partial charge in [-0.15, -0.1) is 0 Å². The summed E-state index contributed by atoms with van der Waals surface area (Å²) in [4.78, 5) is 36.2. The van der Waals surface area contributed by atoms with Gasteiger partial charge in [-0.3, -0.25) is 9.59 Å². The summed E-state index contributed by atoms with van der Waals surface area (Å²) in [5.41, 5.74) is 0.312. The first-order valence-corrected chi connectivity index (χ1v) is 8.28. The quantitative estimate of drug-likeness (QED) is 0.630. The van der Waals surface area contributed by atoms with E-state index in [9.17, 15) is 19.5 Å². The lowest BCUT2D eigenvalue weighted by Crippen LogP contribution is -2.53. The molecule has 0 fully saturated rings. The highest BCUT2D eigenvalue weighted by Gasteiger charge is 2.29. The van der Waals surface area contributed by atoms with Gasteiger partial charge in [-0.1, -0.05) is 39.3 Å². The normalized spacial score (nSPS) is 13.0. The molecule has 1 aromatic carbocycles. The molecule has 0 radical (unpaired) electrons. The number of hydrogen-bond donors (Lipinski definition) is 3. The molecule has 25 heavy (non-hydrogen) atoms. The molecule has 1 rings (SSSR count). The summed E-state index contributed by atoms with van der Waals surface area (Å²) >= 11 is 0. The van der Waals surface area contributed by atoms with Crippen molar-refractivity contribution >= 4 is 17.8 Å². The number of nitrogens with one attached hydrogen (secondary N) is 2. The molecule has 0 spiro atoms. The largest absolute Gasteiger partial charge is 0.496 e. The molecule has 2 unspecified atom stereocenters. The fourth-order valence-electron chi connectivity index (χ4n) is 2.39. The van der Waals surface area contributed by atoms with Crippen molar-refractivity contribution in [2.45, 2.75) is 45.7 Å². The highest BCUT2D eigenvalue weighted by atomic mass is 16.5. The molecule has 0 aliphatic carbocycles. The molecule has 0 saturated heterocycles. The van der Waals surface area contributed by atoms with Crippen molar-refractivity contribution in [3.63, 3.8) is 0 Å². The van der Waals surface area contributed by atoms with Gasteiger partial charge in [0.2, 0.25) is 5.91 Å². The van der Waals surface area contributed by atoms with Gasteiger partial charge in [-0.2, -0.15) is 0 Å². The van der Waals surface area contributed by atoms with Crippen LogP contribution in [0.1, 0.15) is 44.0 Å². The first kappa shape index (κ1) is 20.5. The Labute approximate surface area is 147 Å². The van der Waals surface area contributed by atoms with Crippen LogP contribution >= 0.6 is 0 Å². The van der Waals surface area contributed by atoms with Crippen LogP contribution in [0, 0.1) is 5.92 Å². The minimum atomic E-state index is -1.09. The van der Waals surface area contributed by atoms with Gasteiger partial charge < -0.3 is 20.5 Å². The molecular weight excluding hydrogens is 324 g/mol. The van der Waals surface area contributed by atoms with Crippen molar-refractivity contribution in [3.05, 3.63) is 29.8 Å². The summed E-state index contributed by atoms with van der Waals surface area (Å²) in [7, 11) is 1.46. The van der Waals surface area contributed by atoms with E-state index in [2.05, 4.69) is 10.6 Å². The highest BCUT2D eigenvalue weighted by Crippen LogP contribution is 2.17. The summed E-state index contributed by atoms with van der Waals surface area (Å²) in [6, 6.07) is 4.87. The zero-order valence-corrected chi connectivity index (χ0v) is 15.0. The molecule has 0 bridgehead atoms. The average molecular weight is 350 g/mol. The Morgan fingerprint density at radius 1 is 1.16 bits per heavy atom. The third-order valence-electron chi connectivity index (χ3n) is 3.78. The van der Waals surface area contributed by atoms with Crippen molar-refractivity contribution in [3.8, 4) is 5.75 Å². The predicted molar refractivity (Wildman–Crippen MR) is 93.6 cm³/mol. The molecular formula is C18H26N2O5. The van der Waals surface area contributed by atoms with Crippen molar-refractivity contribution in [1.82, 2.24) is 10.6 Å². The van der Waals surface area contributed by atoms with Crippen LogP contribution in [0.3, 0.4) is 0 Å². The molecule has 7 heteroatoms. The van der Waals surface area contributed by atoms with E-state index in [1.54, 1.807) is 38.1 Å². The number of carbonyl (C=O) groups excluding carboxylic acids is 2. The minimum absolute atomic E-state index is 0.213. The van der Waals surface area contributed by atoms with Gasteiger partial charge in [-0.25, -0.2) is 4.79 Å². The second-order valence-electron chi connectivity index (χ2n) is 6.08. The van der Waals surface area contributed by atoms with E-state index in [-0.39, 0.29) is 5.92 Å². The van der Waals surface area contributed by atoms with Crippen LogP contribution in [-0.2, 0) is 9.59 Å². The second kappa shape index (κ2) is 9.66. The fourth-order valence-corrected chi connectivity index (χ4v) is 2.39. The Kier molecular flexibility index (Phi) is 7.91. The molecule has 1 aromatic rings. The monoisotopic (exact) mass is 350 g/mol. The number of carboxylic acids is 1. The van der Waals surface area contributed by atoms with E-state index in [0.29, 0.717) is 24.2 Å². The van der Waals surface area contributed by atoms with Crippen LogP contribution in [0.5, 0.6) is 5.75 Å². The molecule has 2 amide bonds. The molecule has 138 valence electrons. The molecule has 2 atom stereocenters. The smallest absolute Gasteiger partial charge is 0.326 e. The number of amides is 2. The lowest BCUT2D eigenvalue weighted by molar-refractivity contribution is -0.142. The Morgan fingerprint density at radius 2 is 1.80 bits per heavy atom. The molecule has 3 N–H and O–H groups in total. The second-order valence-corrected chi connectivity index (χ2v) is 6.08. The molecule has 0 saturated carbocycles. The zero-order valence-electron chi connectivity index (χ0n) is 15.0. The number of hydrogen-bond acceptors (Lipinski definition) is 4. The molecule has 0 aliphatic heterocycles. The summed E-state index contributed by atoms with van der Waals surface area (Å²) in [5.74, 6) is -1.87. The number of ether oxygens (including phenoxy) is 1. The number of rotatable bonds is 9. The summed E-state index contributed by atoms with van der Waals surface area (Å²) in [6.45, 7) is 5.40. The number of benzene rings is 1. The van der Waals surface area contributed by atoms with Gasteiger partial charge in [0, 0.05) is 0 Å². The van der Waals surface area contributed by atoms with Crippen molar-refractivity contribution < 1.29 is 24.2 Å². The topological polar surface area (TPSA) is 105 Å². The van der Waals surface area contributed by atoms with E-state index >= 15 is 0 Å². The third kappa shape index (κ3) is 5.77. The maximum atomic E-state index is 12.5. The first-order valence-electron chi connectivity index (χ1n) is 8.28. The first-order chi connectivity index (χ1) is 11.8. The van der Waals surface area contributed by atoms with E-state index in [1.807, 2.05) is 6.92 Å². The lowest BCUT2D eigenvalue weighted by atomic mass is 10.0. The summed E-state index contributed by atoms with van der Waals surface area (Å²) in [6.07, 6.45) is 0.948. The Balaban J connectivity index is 2.91. The summed E-state index contributed by atoms with van der Waals surface area (Å²) < 4.78 is 5.16. The van der Waals surface area contributed by atoms with Crippen LogP contribution in [-0.4, -0.2) is 42.1 Å². The lowest BCUT2D eigenvalue weighted by Gasteiger charge is -2.24. The Morgan fingerprint density at radius 3 is 2.32 bits per heavy atom. The summed E-state index contributed by atoms with van der Waals surface area (Å²) in [5, 5.41) is 14.4. The van der Waals surface area contributed by atoms with Crippen LogP contribution in [0.2, 0.25) is 0 Å². The molecule has 0 heterocycles. The van der Waals surface area contributed by atoms with Gasteiger partial charge in [-0.05, 0) is 24.5 Å². The molecule has 0 aromatic heterocycles. The minimum Gasteiger partial charge on any atom is -0.496 e. The van der Waals surface area contributed by atoms with Gasteiger partial charge in [0.1, 0.15) is 17.8 Å². The molecule has 7 nitrogen and oxygen atoms in total. The zero-order chi connectivity index (χ0) is 19.0. The van der Waals surface area contributed by atoms with Gasteiger partial charge in [0.25, 0.3) is 5.91 Å². The fraction of sp³-hybridized carbons (Fsp3) is 0.500. The number of methoxy groups -OCH3 is 1. The van der Waals surface area contributed by atoms with Crippen LogP contribution in [0.25, 0.3) is 0 Å². The van der Waals surface area contributed by atoms with Crippen LogP contribution < -0.4 is 15.4 Å². The SMILES string of the molecule is CCCC(NC(=O)C(NC(=O)c1ccccc1OC)C(C)C)C(=O)O. The molecule has 0 aliphatic rings. The van der Waals surface area contributed by atoms with E-state index in [0.717, 1.165) is 0 Å². The number of para-hydroxylation sites is 1. The van der Waals surface area contributed by atoms with E-state index < -0.39 is 29.9 Å². The average Bonchev–Trinajstić information content (AvgIpc) is 2.58. The van der Waals surface area contributed by atoms with E-state index in [4.69, 9.17) is 4.74 Å². The number of aliphatic carboxylic acids is 1. The maximum Gasteiger partial charge on any atom is 0.326 e. The van der Waals surface area contributed by atoms with Crippen molar-refractivity contribution in [2.24, 2.45) is 5.92 Å². The van der Waals surface area contributed by atoms with E-state index in [1.165, 1.54) is 7.11 Å². The van der Waals surface area contributed by atoms with Gasteiger partial charge >= 0.3 is 5.97 Å². The van der Waals surface area contributed by atoms with Crippen LogP contribution in [0.15, 0.2) is 24.3 Å².